The van der Waals surface area contributed by atoms with E-state index in [-0.39, 0.29) is 36.8 Å². The van der Waals surface area contributed by atoms with Crippen LogP contribution >= 0.6 is 24.8 Å². The minimum Gasteiger partial charge on any atom is -0.444 e. The molecule has 1 aliphatic heterocycles. The molecule has 32 heavy (non-hydrogen) atoms. The van der Waals surface area contributed by atoms with Gasteiger partial charge in [0.1, 0.15) is 11.9 Å². The minimum atomic E-state index is -0.491. The molecule has 1 amide bonds. The Labute approximate surface area is 208 Å². The van der Waals surface area contributed by atoms with E-state index >= 15 is 0 Å². The topological polar surface area (TPSA) is 84.7 Å². The van der Waals surface area contributed by atoms with E-state index < -0.39 is 11.7 Å². The Morgan fingerprint density at radius 3 is 2.16 bits per heavy atom. The highest BCUT2D eigenvalue weighted by molar-refractivity contribution is 5.85. The molecular weight excluding hydrogens is 449 g/mol. The normalized spacial score (nSPS) is 28.6. The lowest BCUT2D eigenvalue weighted by atomic mass is 9.84. The summed E-state index contributed by atoms with van der Waals surface area (Å²) in [7, 11) is 0. The fourth-order valence-electron chi connectivity index (χ4n) is 4.90. The number of ether oxygens (including phenoxy) is 1. The number of nitrogens with zero attached hydrogens (tertiary/aromatic N) is 1. The summed E-state index contributed by atoms with van der Waals surface area (Å²) in [6.45, 7) is 9.40. The number of alkyl carbamates (subject to hydrolysis) is 1. The second-order valence-corrected chi connectivity index (χ2v) is 10.4. The standard InChI is InChI=1S/C12H24N2.C12H21NO3.2ClH/c13-12-7-3-2-6-11(12)10-14-8-4-1-5-9-14;1-12(2,3)16-11(15)13-10-7-5-4-6-9(10)8-14;;/h11-12H,1-10,13H2;8-10H,4-7H2,1-3H3,(H,13,15);2*1H/t11-,12+;9-,10+;;/m11../s1. The van der Waals surface area contributed by atoms with Gasteiger partial charge in [0.2, 0.25) is 0 Å². The van der Waals surface area contributed by atoms with Crippen LogP contribution in [0.3, 0.4) is 0 Å². The summed E-state index contributed by atoms with van der Waals surface area (Å²) in [6, 6.07) is 0.437. The number of likely N-dealkylation sites (tertiary alicyclic amines) is 1. The van der Waals surface area contributed by atoms with E-state index in [1.165, 1.54) is 64.6 Å². The smallest absolute Gasteiger partial charge is 0.407 e. The van der Waals surface area contributed by atoms with Gasteiger partial charge in [-0.05, 0) is 78.3 Å². The van der Waals surface area contributed by atoms with Crippen molar-refractivity contribution >= 4 is 37.2 Å². The van der Waals surface area contributed by atoms with Gasteiger partial charge < -0.3 is 25.5 Å². The second kappa shape index (κ2) is 16.1. The van der Waals surface area contributed by atoms with E-state index in [0.717, 1.165) is 37.9 Å². The van der Waals surface area contributed by atoms with Crippen LogP contribution in [-0.2, 0) is 9.53 Å². The van der Waals surface area contributed by atoms with Gasteiger partial charge in [0.25, 0.3) is 0 Å². The first-order chi connectivity index (χ1) is 14.3. The number of rotatable bonds is 4. The van der Waals surface area contributed by atoms with Crippen molar-refractivity contribution in [2.45, 2.75) is 109 Å². The van der Waals surface area contributed by atoms with Crippen LogP contribution in [0, 0.1) is 11.8 Å². The van der Waals surface area contributed by atoms with Gasteiger partial charge in [0.15, 0.2) is 0 Å². The number of nitrogens with one attached hydrogen (secondary N) is 1. The molecule has 4 atom stereocenters. The number of carbonyl (C=O) groups is 2. The van der Waals surface area contributed by atoms with Crippen LogP contribution in [0.15, 0.2) is 0 Å². The number of carbonyl (C=O) groups excluding carboxylic acids is 2. The number of aldehydes is 1. The maximum Gasteiger partial charge on any atom is 0.407 e. The summed E-state index contributed by atoms with van der Waals surface area (Å²) in [6.07, 6.45) is 14.0. The average Bonchev–Trinajstić information content (AvgIpc) is 2.70. The number of nitrogens with two attached hydrogens (primary N) is 1. The predicted octanol–water partition coefficient (Wildman–Crippen LogP) is 5.10. The Balaban J connectivity index is 0.000000568. The van der Waals surface area contributed by atoms with E-state index in [9.17, 15) is 9.59 Å². The summed E-state index contributed by atoms with van der Waals surface area (Å²) in [5, 5.41) is 2.78. The maximum absolute atomic E-state index is 11.5. The van der Waals surface area contributed by atoms with Gasteiger partial charge in [-0.15, -0.1) is 24.8 Å². The summed E-state index contributed by atoms with van der Waals surface area (Å²) in [5.41, 5.74) is 5.68. The molecule has 0 radical (unpaired) electrons. The van der Waals surface area contributed by atoms with Gasteiger partial charge in [-0.3, -0.25) is 0 Å². The molecule has 1 heterocycles. The molecular formula is C24H47Cl2N3O3. The Morgan fingerprint density at radius 1 is 0.969 bits per heavy atom. The molecule has 1 saturated heterocycles. The van der Waals surface area contributed by atoms with Gasteiger partial charge >= 0.3 is 6.09 Å². The molecule has 0 bridgehead atoms. The van der Waals surface area contributed by atoms with Crippen molar-refractivity contribution in [2.24, 2.45) is 17.6 Å². The van der Waals surface area contributed by atoms with Crippen molar-refractivity contribution < 1.29 is 14.3 Å². The number of hydrogen-bond acceptors (Lipinski definition) is 5. The Morgan fingerprint density at radius 2 is 1.56 bits per heavy atom. The number of piperidine rings is 1. The van der Waals surface area contributed by atoms with Crippen LogP contribution in [-0.4, -0.2) is 54.6 Å². The van der Waals surface area contributed by atoms with E-state index in [2.05, 4.69) is 10.2 Å². The molecule has 0 aromatic heterocycles. The SMILES string of the molecule is CC(C)(C)OC(=O)N[C@H]1CCCC[C@@H]1C=O.Cl.Cl.N[C@H]1CCCC[C@@H]1CN1CCCCC1. The van der Waals surface area contributed by atoms with Crippen LogP contribution in [0.4, 0.5) is 4.79 Å². The zero-order valence-electron chi connectivity index (χ0n) is 20.4. The lowest BCUT2D eigenvalue weighted by Crippen LogP contribution is -2.44. The first-order valence-corrected chi connectivity index (χ1v) is 12.2. The predicted molar refractivity (Wildman–Crippen MR) is 136 cm³/mol. The largest absolute Gasteiger partial charge is 0.444 e. The molecule has 2 saturated carbocycles. The lowest BCUT2D eigenvalue weighted by molar-refractivity contribution is -0.112. The molecule has 3 N–H and O–H groups in total. The van der Waals surface area contributed by atoms with E-state index in [4.69, 9.17) is 10.5 Å². The molecule has 0 spiro atoms. The van der Waals surface area contributed by atoms with Crippen LogP contribution in [0.1, 0.15) is 91.4 Å². The quantitative estimate of drug-likeness (QED) is 0.529. The zero-order chi connectivity index (χ0) is 22.0. The van der Waals surface area contributed by atoms with Crippen molar-refractivity contribution in [3.8, 4) is 0 Å². The number of halogens is 2. The van der Waals surface area contributed by atoms with Crippen molar-refractivity contribution in [3.05, 3.63) is 0 Å². The van der Waals surface area contributed by atoms with Crippen LogP contribution in [0.2, 0.25) is 0 Å². The number of hydrogen-bond donors (Lipinski definition) is 2. The fourth-order valence-corrected chi connectivity index (χ4v) is 4.90. The van der Waals surface area contributed by atoms with Gasteiger partial charge in [-0.2, -0.15) is 0 Å². The Hall–Kier alpha value is -0.560. The Kier molecular flexibility index (Phi) is 15.9. The fraction of sp³-hybridized carbons (Fsp3) is 0.917. The third-order valence-electron chi connectivity index (χ3n) is 6.61. The first-order valence-electron chi connectivity index (χ1n) is 12.2. The van der Waals surface area contributed by atoms with Crippen molar-refractivity contribution in [2.75, 3.05) is 19.6 Å². The van der Waals surface area contributed by atoms with Crippen LogP contribution in [0.25, 0.3) is 0 Å². The highest BCUT2D eigenvalue weighted by atomic mass is 35.5. The minimum absolute atomic E-state index is 0. The van der Waals surface area contributed by atoms with Crippen molar-refractivity contribution in [1.82, 2.24) is 10.2 Å². The molecule has 0 aromatic carbocycles. The lowest BCUT2D eigenvalue weighted by Gasteiger charge is -2.35. The zero-order valence-corrected chi connectivity index (χ0v) is 22.0. The molecule has 3 fully saturated rings. The van der Waals surface area contributed by atoms with Crippen LogP contribution in [0.5, 0.6) is 0 Å². The van der Waals surface area contributed by atoms with Crippen molar-refractivity contribution in [1.29, 1.82) is 0 Å². The molecule has 0 aromatic rings. The van der Waals surface area contributed by atoms with Crippen LogP contribution < -0.4 is 11.1 Å². The number of amides is 1. The van der Waals surface area contributed by atoms with E-state index in [1.54, 1.807) is 0 Å². The molecule has 3 rings (SSSR count). The summed E-state index contributed by atoms with van der Waals surface area (Å²) in [5.74, 6) is 0.739. The van der Waals surface area contributed by atoms with E-state index in [1.807, 2.05) is 20.8 Å². The van der Waals surface area contributed by atoms with Gasteiger partial charge in [-0.1, -0.05) is 32.1 Å². The van der Waals surface area contributed by atoms with Gasteiger partial charge in [0, 0.05) is 24.5 Å². The van der Waals surface area contributed by atoms with Crippen molar-refractivity contribution in [3.63, 3.8) is 0 Å². The third kappa shape index (κ3) is 12.1. The summed E-state index contributed by atoms with van der Waals surface area (Å²) >= 11 is 0. The average molecular weight is 497 g/mol. The molecule has 190 valence electrons. The highest BCUT2D eigenvalue weighted by Gasteiger charge is 2.28. The molecule has 2 aliphatic carbocycles. The van der Waals surface area contributed by atoms with Gasteiger partial charge in [-0.25, -0.2) is 4.79 Å². The Bertz CT molecular complexity index is 525. The molecule has 3 aliphatic rings. The maximum atomic E-state index is 11.5. The van der Waals surface area contributed by atoms with E-state index in [0.29, 0.717) is 6.04 Å². The van der Waals surface area contributed by atoms with Gasteiger partial charge in [0.05, 0.1) is 0 Å². The first kappa shape index (κ1) is 31.4. The summed E-state index contributed by atoms with van der Waals surface area (Å²) in [4.78, 5) is 25.0. The molecule has 6 nitrogen and oxygen atoms in total. The molecule has 8 heteroatoms. The monoisotopic (exact) mass is 495 g/mol. The third-order valence-corrected chi connectivity index (χ3v) is 6.61. The second-order valence-electron chi connectivity index (χ2n) is 10.4. The molecule has 0 unspecified atom stereocenters. The summed E-state index contributed by atoms with van der Waals surface area (Å²) < 4.78 is 5.17. The highest BCUT2D eigenvalue weighted by Crippen LogP contribution is 2.25.